The summed E-state index contributed by atoms with van der Waals surface area (Å²) in [7, 11) is 0. The third kappa shape index (κ3) is 2.25. The van der Waals surface area contributed by atoms with Gasteiger partial charge in [-0.15, -0.1) is 0 Å². The van der Waals surface area contributed by atoms with Crippen molar-refractivity contribution in [3.05, 3.63) is 47.5 Å². The Labute approximate surface area is 104 Å². The number of carbonyl (C=O) groups excluding carboxylic acids is 1. The molecule has 0 fully saturated rings. The van der Waals surface area contributed by atoms with Crippen molar-refractivity contribution in [2.24, 2.45) is 0 Å². The number of hydrogen-bond donors (Lipinski definition) is 1. The van der Waals surface area contributed by atoms with E-state index in [0.29, 0.717) is 12.2 Å². The molecule has 0 aliphatic carbocycles. The molecule has 0 amide bonds. The van der Waals surface area contributed by atoms with Crippen molar-refractivity contribution in [2.75, 3.05) is 5.73 Å². The highest BCUT2D eigenvalue weighted by atomic mass is 19.1. The number of hydrogen-bond acceptors (Lipinski definition) is 3. The van der Waals surface area contributed by atoms with E-state index in [1.165, 1.54) is 12.1 Å². The highest BCUT2D eigenvalue weighted by molar-refractivity contribution is 6.11. The van der Waals surface area contributed by atoms with Crippen molar-refractivity contribution >= 4 is 11.5 Å². The van der Waals surface area contributed by atoms with Gasteiger partial charge in [-0.3, -0.25) is 9.48 Å². The fourth-order valence-corrected chi connectivity index (χ4v) is 1.78. The first kappa shape index (κ1) is 12.3. The number of nitrogens with zero attached hydrogens (tertiary/aromatic N) is 2. The van der Waals surface area contributed by atoms with E-state index >= 15 is 0 Å². The summed E-state index contributed by atoms with van der Waals surface area (Å²) >= 11 is 0. The Morgan fingerprint density at radius 3 is 2.94 bits per heavy atom. The van der Waals surface area contributed by atoms with Gasteiger partial charge in [0, 0.05) is 24.0 Å². The van der Waals surface area contributed by atoms with Crippen molar-refractivity contribution < 1.29 is 9.18 Å². The highest BCUT2D eigenvalue weighted by Gasteiger charge is 2.17. The molecular weight excluding hydrogens is 233 g/mol. The molecule has 2 N–H and O–H groups in total. The average Bonchev–Trinajstić information content (AvgIpc) is 2.80. The zero-order valence-corrected chi connectivity index (χ0v) is 10.1. The van der Waals surface area contributed by atoms with Crippen LogP contribution in [0.2, 0.25) is 0 Å². The Bertz CT molecular complexity index is 577. The van der Waals surface area contributed by atoms with Gasteiger partial charge in [-0.1, -0.05) is 6.92 Å². The summed E-state index contributed by atoms with van der Waals surface area (Å²) in [6.07, 6.45) is 2.42. The van der Waals surface area contributed by atoms with Crippen molar-refractivity contribution in [3.8, 4) is 0 Å². The van der Waals surface area contributed by atoms with Crippen LogP contribution in [-0.4, -0.2) is 15.6 Å². The first-order valence-electron chi connectivity index (χ1n) is 5.75. The number of halogens is 1. The van der Waals surface area contributed by atoms with Gasteiger partial charge in [0.15, 0.2) is 0 Å². The van der Waals surface area contributed by atoms with Crippen LogP contribution in [0.5, 0.6) is 0 Å². The molecule has 1 aromatic heterocycles. The minimum atomic E-state index is -0.478. The predicted molar refractivity (Wildman–Crippen MR) is 66.8 cm³/mol. The van der Waals surface area contributed by atoms with Crippen LogP contribution in [-0.2, 0) is 6.54 Å². The maximum atomic E-state index is 13.2. The van der Waals surface area contributed by atoms with Gasteiger partial charge < -0.3 is 5.73 Å². The number of benzene rings is 1. The molecule has 1 heterocycles. The number of rotatable bonds is 4. The number of nitrogen functional groups attached to an aromatic ring is 1. The average molecular weight is 247 g/mol. The normalized spacial score (nSPS) is 10.6. The number of ketones is 1. The van der Waals surface area contributed by atoms with Crippen LogP contribution < -0.4 is 5.73 Å². The Kier molecular flexibility index (Phi) is 3.41. The van der Waals surface area contributed by atoms with Gasteiger partial charge in [0.25, 0.3) is 0 Å². The van der Waals surface area contributed by atoms with E-state index in [0.717, 1.165) is 12.5 Å². The smallest absolute Gasteiger partial charge is 0.213 e. The van der Waals surface area contributed by atoms with Crippen molar-refractivity contribution in [1.29, 1.82) is 0 Å². The second-order valence-corrected chi connectivity index (χ2v) is 4.00. The number of nitrogens with two attached hydrogens (primary N) is 1. The van der Waals surface area contributed by atoms with Crippen molar-refractivity contribution in [3.63, 3.8) is 0 Å². The molecule has 2 aromatic rings. The van der Waals surface area contributed by atoms with Gasteiger partial charge in [0.05, 0.1) is 0 Å². The lowest BCUT2D eigenvalue weighted by Crippen LogP contribution is -2.13. The second-order valence-electron chi connectivity index (χ2n) is 4.00. The molecule has 18 heavy (non-hydrogen) atoms. The molecule has 0 bridgehead atoms. The summed E-state index contributed by atoms with van der Waals surface area (Å²) in [6.45, 7) is 2.63. The summed E-state index contributed by atoms with van der Waals surface area (Å²) in [6, 6.07) is 5.39. The van der Waals surface area contributed by atoms with E-state index in [9.17, 15) is 9.18 Å². The van der Waals surface area contributed by atoms with E-state index < -0.39 is 5.82 Å². The molecule has 5 heteroatoms. The van der Waals surface area contributed by atoms with Gasteiger partial charge in [0.1, 0.15) is 11.5 Å². The predicted octanol–water partition coefficient (Wildman–Crippen LogP) is 2.25. The first-order chi connectivity index (χ1) is 8.63. The standard InChI is InChI=1S/C13H14FN3O/c1-2-7-17-12(5-6-16-17)13(18)10-8-9(14)3-4-11(10)15/h3-6,8H,2,7,15H2,1H3. The summed E-state index contributed by atoms with van der Waals surface area (Å²) in [5.74, 6) is -0.785. The third-order valence-corrected chi connectivity index (χ3v) is 2.64. The minimum Gasteiger partial charge on any atom is -0.398 e. The van der Waals surface area contributed by atoms with E-state index in [1.807, 2.05) is 6.92 Å². The minimum absolute atomic E-state index is 0.174. The van der Waals surface area contributed by atoms with Crippen LogP contribution in [0.1, 0.15) is 29.4 Å². The molecule has 0 atom stereocenters. The van der Waals surface area contributed by atoms with Gasteiger partial charge in [-0.2, -0.15) is 5.10 Å². The fourth-order valence-electron chi connectivity index (χ4n) is 1.78. The van der Waals surface area contributed by atoms with Crippen molar-refractivity contribution in [1.82, 2.24) is 9.78 Å². The molecule has 0 saturated heterocycles. The van der Waals surface area contributed by atoms with E-state index in [2.05, 4.69) is 5.10 Å². The van der Waals surface area contributed by atoms with Crippen LogP contribution in [0.15, 0.2) is 30.5 Å². The van der Waals surface area contributed by atoms with Crippen LogP contribution in [0.4, 0.5) is 10.1 Å². The summed E-state index contributed by atoms with van der Waals surface area (Å²) < 4.78 is 14.8. The summed E-state index contributed by atoms with van der Waals surface area (Å²) in [5.41, 5.74) is 6.57. The summed E-state index contributed by atoms with van der Waals surface area (Å²) in [5, 5.41) is 4.07. The molecule has 0 aliphatic rings. The van der Waals surface area contributed by atoms with Gasteiger partial charge in [-0.25, -0.2) is 4.39 Å². The zero-order chi connectivity index (χ0) is 13.1. The lowest BCUT2D eigenvalue weighted by molar-refractivity contribution is 0.102. The van der Waals surface area contributed by atoms with Crippen molar-refractivity contribution in [2.45, 2.75) is 19.9 Å². The van der Waals surface area contributed by atoms with Gasteiger partial charge in [0.2, 0.25) is 5.78 Å². The topological polar surface area (TPSA) is 60.9 Å². The molecule has 94 valence electrons. The molecular formula is C13H14FN3O. The molecule has 4 nitrogen and oxygen atoms in total. The van der Waals surface area contributed by atoms with Crippen LogP contribution in [0.3, 0.4) is 0 Å². The zero-order valence-electron chi connectivity index (χ0n) is 10.1. The second kappa shape index (κ2) is 5.00. The monoisotopic (exact) mass is 247 g/mol. The highest BCUT2D eigenvalue weighted by Crippen LogP contribution is 2.18. The van der Waals surface area contributed by atoms with Gasteiger partial charge >= 0.3 is 0 Å². The molecule has 2 rings (SSSR count). The number of anilines is 1. The van der Waals surface area contributed by atoms with Crippen LogP contribution in [0.25, 0.3) is 0 Å². The third-order valence-electron chi connectivity index (χ3n) is 2.64. The quantitative estimate of drug-likeness (QED) is 0.665. The maximum absolute atomic E-state index is 13.2. The largest absolute Gasteiger partial charge is 0.398 e. The fraction of sp³-hybridized carbons (Fsp3) is 0.231. The molecule has 0 unspecified atom stereocenters. The first-order valence-corrected chi connectivity index (χ1v) is 5.75. The molecule has 0 saturated carbocycles. The Morgan fingerprint density at radius 1 is 1.44 bits per heavy atom. The number of aromatic nitrogens is 2. The van der Waals surface area contributed by atoms with Crippen LogP contribution in [0, 0.1) is 5.82 Å². The van der Waals surface area contributed by atoms with E-state index in [-0.39, 0.29) is 17.0 Å². The molecule has 0 aliphatic heterocycles. The maximum Gasteiger partial charge on any atom is 0.213 e. The molecule has 0 radical (unpaired) electrons. The lowest BCUT2D eigenvalue weighted by Gasteiger charge is -2.07. The SMILES string of the molecule is CCCn1nccc1C(=O)c1cc(F)ccc1N. The summed E-state index contributed by atoms with van der Waals surface area (Å²) in [4.78, 5) is 12.3. The molecule has 0 spiro atoms. The lowest BCUT2D eigenvalue weighted by atomic mass is 10.1. The van der Waals surface area contributed by atoms with Gasteiger partial charge in [-0.05, 0) is 30.7 Å². The number of carbonyl (C=O) groups is 1. The Balaban J connectivity index is 2.41. The van der Waals surface area contributed by atoms with E-state index in [4.69, 9.17) is 5.73 Å². The van der Waals surface area contributed by atoms with E-state index in [1.54, 1.807) is 16.9 Å². The van der Waals surface area contributed by atoms with Crippen LogP contribution >= 0.6 is 0 Å². The number of aryl methyl sites for hydroxylation is 1. The Morgan fingerprint density at radius 2 is 2.22 bits per heavy atom. The molecule has 1 aromatic carbocycles. The Hall–Kier alpha value is -2.17.